The molecule has 0 amide bonds. The lowest BCUT2D eigenvalue weighted by Gasteiger charge is -2.21. The summed E-state index contributed by atoms with van der Waals surface area (Å²) in [5.74, 6) is 0. The average molecular weight is 233 g/mol. The van der Waals surface area contributed by atoms with Crippen LogP contribution >= 0.6 is 22.9 Å². The Morgan fingerprint density at radius 1 is 1.57 bits per heavy atom. The third-order valence-electron chi connectivity index (χ3n) is 1.96. The highest BCUT2D eigenvalue weighted by Gasteiger charge is 2.15. The van der Waals surface area contributed by atoms with E-state index in [9.17, 15) is 0 Å². The van der Waals surface area contributed by atoms with E-state index in [2.05, 4.69) is 31.2 Å². The van der Waals surface area contributed by atoms with Crippen molar-refractivity contribution >= 4 is 22.9 Å². The summed E-state index contributed by atoms with van der Waals surface area (Å²) in [5.41, 5.74) is 0. The second kappa shape index (κ2) is 5.71. The van der Waals surface area contributed by atoms with Crippen molar-refractivity contribution in [1.82, 2.24) is 10.2 Å². The molecule has 2 nitrogen and oxygen atoms in total. The van der Waals surface area contributed by atoms with Crippen LogP contribution in [0.5, 0.6) is 0 Å². The molecule has 4 heteroatoms. The van der Waals surface area contributed by atoms with Crippen molar-refractivity contribution in [2.45, 2.75) is 13.0 Å². The third kappa shape index (κ3) is 3.24. The van der Waals surface area contributed by atoms with E-state index < -0.39 is 0 Å². The number of likely N-dealkylation sites (N-methyl/N-ethyl adjacent to an activating group) is 2. The molecule has 0 spiro atoms. The maximum Gasteiger partial charge on any atom is 0.0561 e. The summed E-state index contributed by atoms with van der Waals surface area (Å²) in [6.07, 6.45) is 0. The Morgan fingerprint density at radius 2 is 2.29 bits per heavy atom. The van der Waals surface area contributed by atoms with Crippen LogP contribution in [0.2, 0.25) is 5.02 Å². The molecule has 80 valence electrons. The van der Waals surface area contributed by atoms with Gasteiger partial charge in [0.15, 0.2) is 0 Å². The molecule has 0 aliphatic carbocycles. The van der Waals surface area contributed by atoms with Gasteiger partial charge in [-0.05, 0) is 32.1 Å². The second-order valence-corrected chi connectivity index (χ2v) is 4.86. The van der Waals surface area contributed by atoms with Crippen LogP contribution in [0, 0.1) is 0 Å². The van der Waals surface area contributed by atoms with Crippen molar-refractivity contribution < 1.29 is 0 Å². The number of hydrogen-bond donors (Lipinski definition) is 1. The summed E-state index contributed by atoms with van der Waals surface area (Å²) in [6, 6.07) is 2.31. The number of rotatable bonds is 5. The fraction of sp³-hybridized carbons (Fsp3) is 0.600. The van der Waals surface area contributed by atoms with E-state index in [0.717, 1.165) is 18.1 Å². The highest BCUT2D eigenvalue weighted by Crippen LogP contribution is 2.28. The van der Waals surface area contributed by atoms with E-state index in [1.54, 1.807) is 11.3 Å². The van der Waals surface area contributed by atoms with Crippen molar-refractivity contribution in [2.24, 2.45) is 0 Å². The minimum Gasteiger partial charge on any atom is -0.308 e. The second-order valence-electron chi connectivity index (χ2n) is 3.51. The van der Waals surface area contributed by atoms with Gasteiger partial charge in [0.2, 0.25) is 0 Å². The summed E-state index contributed by atoms with van der Waals surface area (Å²) in [7, 11) is 4.15. The van der Waals surface area contributed by atoms with Gasteiger partial charge in [0, 0.05) is 11.4 Å². The van der Waals surface area contributed by atoms with Crippen molar-refractivity contribution in [3.63, 3.8) is 0 Å². The number of nitrogens with zero attached hydrogens (tertiary/aromatic N) is 1. The molecule has 1 N–H and O–H groups in total. The Labute approximate surface area is 94.9 Å². The van der Waals surface area contributed by atoms with Crippen LogP contribution in [0.4, 0.5) is 0 Å². The van der Waals surface area contributed by atoms with Crippen molar-refractivity contribution in [1.29, 1.82) is 0 Å². The molecule has 1 aromatic rings. The normalized spacial score (nSPS) is 13.5. The smallest absolute Gasteiger partial charge is 0.0561 e. The van der Waals surface area contributed by atoms with Crippen LogP contribution in [0.1, 0.15) is 17.8 Å². The van der Waals surface area contributed by atoms with Gasteiger partial charge in [-0.1, -0.05) is 18.5 Å². The van der Waals surface area contributed by atoms with E-state index in [-0.39, 0.29) is 0 Å². The van der Waals surface area contributed by atoms with Gasteiger partial charge in [0.1, 0.15) is 0 Å². The molecular weight excluding hydrogens is 216 g/mol. The van der Waals surface area contributed by atoms with Gasteiger partial charge >= 0.3 is 0 Å². The maximum absolute atomic E-state index is 6.11. The first-order valence-corrected chi connectivity index (χ1v) is 6.02. The average Bonchev–Trinajstić information content (AvgIpc) is 2.50. The Bertz CT molecular complexity index is 273. The van der Waals surface area contributed by atoms with Gasteiger partial charge in [-0.3, -0.25) is 0 Å². The van der Waals surface area contributed by atoms with Gasteiger partial charge < -0.3 is 10.2 Å². The van der Waals surface area contributed by atoms with E-state index in [4.69, 9.17) is 11.6 Å². The van der Waals surface area contributed by atoms with E-state index >= 15 is 0 Å². The number of halogens is 1. The molecule has 0 bridgehead atoms. The molecule has 1 rings (SSSR count). The van der Waals surface area contributed by atoms with Gasteiger partial charge in [-0.25, -0.2) is 0 Å². The predicted octanol–water partition coefficient (Wildman–Crippen LogP) is 2.61. The summed E-state index contributed by atoms with van der Waals surface area (Å²) < 4.78 is 0. The molecule has 1 heterocycles. The van der Waals surface area contributed by atoms with E-state index in [0.29, 0.717) is 6.04 Å². The molecule has 0 saturated carbocycles. The Balaban J connectivity index is 2.72. The minimum absolute atomic E-state index is 0.350. The molecule has 0 radical (unpaired) electrons. The SMILES string of the molecule is CCNC(CN(C)C)c1sccc1Cl. The largest absolute Gasteiger partial charge is 0.308 e. The summed E-state index contributed by atoms with van der Waals surface area (Å²) in [4.78, 5) is 3.41. The zero-order valence-electron chi connectivity index (χ0n) is 8.88. The fourth-order valence-corrected chi connectivity index (χ4v) is 2.66. The summed E-state index contributed by atoms with van der Waals surface area (Å²) >= 11 is 7.82. The third-order valence-corrected chi connectivity index (χ3v) is 3.43. The number of thiophene rings is 1. The van der Waals surface area contributed by atoms with Crippen LogP contribution in [0.25, 0.3) is 0 Å². The first kappa shape index (κ1) is 12.0. The lowest BCUT2D eigenvalue weighted by atomic mass is 10.2. The molecule has 14 heavy (non-hydrogen) atoms. The van der Waals surface area contributed by atoms with Crippen LogP contribution in [-0.2, 0) is 0 Å². The highest BCUT2D eigenvalue weighted by molar-refractivity contribution is 7.10. The standard InChI is InChI=1S/C10H17ClN2S/c1-4-12-9(7-13(2)3)10-8(11)5-6-14-10/h5-6,9,12H,4,7H2,1-3H3. The molecule has 1 atom stereocenters. The molecule has 0 aliphatic heterocycles. The van der Waals surface area contributed by atoms with E-state index in [1.807, 2.05) is 11.4 Å². The molecule has 1 unspecified atom stereocenters. The topological polar surface area (TPSA) is 15.3 Å². The highest BCUT2D eigenvalue weighted by atomic mass is 35.5. The molecule has 1 aromatic heterocycles. The van der Waals surface area contributed by atoms with Crippen LogP contribution < -0.4 is 5.32 Å². The first-order chi connectivity index (χ1) is 6.65. The van der Waals surface area contributed by atoms with Crippen LogP contribution in [0.15, 0.2) is 11.4 Å². The van der Waals surface area contributed by atoms with Gasteiger partial charge in [0.25, 0.3) is 0 Å². The van der Waals surface area contributed by atoms with Crippen molar-refractivity contribution in [3.8, 4) is 0 Å². The maximum atomic E-state index is 6.11. The van der Waals surface area contributed by atoms with Crippen molar-refractivity contribution in [2.75, 3.05) is 27.2 Å². The van der Waals surface area contributed by atoms with E-state index in [1.165, 1.54) is 4.88 Å². The van der Waals surface area contributed by atoms with Crippen LogP contribution in [0.3, 0.4) is 0 Å². The molecular formula is C10H17ClN2S. The minimum atomic E-state index is 0.350. The summed E-state index contributed by atoms with van der Waals surface area (Å²) in [6.45, 7) is 4.06. The molecule has 0 aliphatic rings. The monoisotopic (exact) mass is 232 g/mol. The molecule has 0 fully saturated rings. The van der Waals surface area contributed by atoms with Crippen LogP contribution in [-0.4, -0.2) is 32.1 Å². The van der Waals surface area contributed by atoms with Gasteiger partial charge in [0.05, 0.1) is 11.1 Å². The van der Waals surface area contributed by atoms with Gasteiger partial charge in [-0.2, -0.15) is 0 Å². The lowest BCUT2D eigenvalue weighted by molar-refractivity contribution is 0.348. The Hall–Kier alpha value is -0.0900. The Morgan fingerprint density at radius 3 is 2.71 bits per heavy atom. The zero-order chi connectivity index (χ0) is 10.6. The quantitative estimate of drug-likeness (QED) is 0.840. The zero-order valence-corrected chi connectivity index (χ0v) is 10.5. The first-order valence-electron chi connectivity index (χ1n) is 4.76. The lowest BCUT2D eigenvalue weighted by Crippen LogP contribution is -2.30. The predicted molar refractivity (Wildman–Crippen MR) is 64.3 cm³/mol. The van der Waals surface area contributed by atoms with Gasteiger partial charge in [-0.15, -0.1) is 11.3 Å². The number of hydrogen-bond acceptors (Lipinski definition) is 3. The fourth-order valence-electron chi connectivity index (χ4n) is 1.41. The number of nitrogens with one attached hydrogen (secondary N) is 1. The molecule has 0 aromatic carbocycles. The summed E-state index contributed by atoms with van der Waals surface area (Å²) in [5, 5.41) is 6.36. The Kier molecular flexibility index (Phi) is 4.89. The molecule has 0 saturated heterocycles. The van der Waals surface area contributed by atoms with Crippen molar-refractivity contribution in [3.05, 3.63) is 21.3 Å².